The molecule has 3 aromatic heterocycles. The zero-order chi connectivity index (χ0) is 27.9. The van der Waals surface area contributed by atoms with Gasteiger partial charge in [0.25, 0.3) is 0 Å². The topological polar surface area (TPSA) is 107 Å². The number of aliphatic hydroxyl groups is 1. The molecule has 6 heterocycles. The maximum absolute atomic E-state index is 12.5. The summed E-state index contributed by atoms with van der Waals surface area (Å²) < 4.78 is 14.8. The van der Waals surface area contributed by atoms with Crippen LogP contribution in [0.1, 0.15) is 49.2 Å². The van der Waals surface area contributed by atoms with Crippen molar-refractivity contribution in [1.82, 2.24) is 24.4 Å². The van der Waals surface area contributed by atoms with Gasteiger partial charge < -0.3 is 19.5 Å². The molecule has 1 atom stereocenters. The van der Waals surface area contributed by atoms with E-state index >= 15 is 0 Å². The molecule has 1 saturated heterocycles. The fourth-order valence-corrected chi connectivity index (χ4v) is 5.56. The molecule has 3 aliphatic rings. The normalized spacial score (nSPS) is 18.6. The maximum atomic E-state index is 12.5. The van der Waals surface area contributed by atoms with Gasteiger partial charge in [0.1, 0.15) is 5.82 Å². The van der Waals surface area contributed by atoms with E-state index in [0.29, 0.717) is 42.4 Å². The van der Waals surface area contributed by atoms with Crippen LogP contribution in [0.15, 0.2) is 54.7 Å². The molecule has 1 fully saturated rings. The Bertz CT molecular complexity index is 1580. The van der Waals surface area contributed by atoms with Crippen LogP contribution < -0.4 is 4.90 Å². The monoisotopic (exact) mass is 542 g/mol. The second kappa shape index (κ2) is 10.5. The highest BCUT2D eigenvalue weighted by Gasteiger charge is 2.35. The van der Waals surface area contributed by atoms with Crippen LogP contribution in [-0.2, 0) is 20.7 Å². The molecule has 7 rings (SSSR count). The zero-order valence-electron chi connectivity index (χ0n) is 23.1. The molecular weight excluding hydrogens is 508 g/mol. The minimum absolute atomic E-state index is 0.279. The molecule has 0 amide bonds. The molecule has 10 heteroatoms. The summed E-state index contributed by atoms with van der Waals surface area (Å²) in [4.78, 5) is 19.4. The van der Waals surface area contributed by atoms with Crippen molar-refractivity contribution in [2.24, 2.45) is 0 Å². The van der Waals surface area contributed by atoms with E-state index < -0.39 is 12.1 Å². The van der Waals surface area contributed by atoms with Gasteiger partial charge >= 0.3 is 5.97 Å². The highest BCUT2D eigenvalue weighted by atomic mass is 16.5. The average molecular weight is 543 g/mol. The van der Waals surface area contributed by atoms with Gasteiger partial charge in [0, 0.05) is 36.6 Å². The lowest BCUT2D eigenvalue weighted by Crippen LogP contribution is -2.45. The first-order valence-electron chi connectivity index (χ1n) is 13.7. The summed E-state index contributed by atoms with van der Waals surface area (Å²) in [5.74, 6) is -0.0848. The van der Waals surface area contributed by atoms with Crippen LogP contribution >= 0.6 is 0 Å². The molecule has 0 spiro atoms. The Kier molecular flexibility index (Phi) is 6.89. The second-order valence-corrected chi connectivity index (χ2v) is 10.7. The maximum Gasteiger partial charge on any atom is 0.339 e. The lowest BCUT2D eigenvalue weighted by Gasteiger charge is -2.40. The van der Waals surface area contributed by atoms with Crippen LogP contribution in [0.5, 0.6) is 0 Å². The van der Waals surface area contributed by atoms with E-state index in [4.69, 9.17) is 24.7 Å². The second-order valence-electron chi connectivity index (χ2n) is 10.7. The van der Waals surface area contributed by atoms with Crippen molar-refractivity contribution in [3.63, 3.8) is 0 Å². The number of aliphatic hydroxyl groups excluding tert-OH is 1. The third-order valence-corrected chi connectivity index (χ3v) is 7.94. The average Bonchev–Trinajstić information content (AvgIpc) is 3.61. The third kappa shape index (κ3) is 4.89. The van der Waals surface area contributed by atoms with Crippen molar-refractivity contribution in [3.05, 3.63) is 71.7 Å². The number of hydrogen-bond donors (Lipinski definition) is 1. The summed E-state index contributed by atoms with van der Waals surface area (Å²) in [6.07, 6.45) is 8.05. The van der Waals surface area contributed by atoms with E-state index in [9.17, 15) is 9.90 Å². The molecule has 4 aromatic rings. The molecule has 1 aromatic carbocycles. The van der Waals surface area contributed by atoms with Gasteiger partial charge in [-0.15, -0.1) is 0 Å². The Morgan fingerprint density at radius 2 is 1.98 bits per heavy atom. The Hall–Kier alpha value is -4.02. The van der Waals surface area contributed by atoms with Gasteiger partial charge in [0.15, 0.2) is 11.8 Å². The van der Waals surface area contributed by atoms with E-state index in [0.717, 1.165) is 48.3 Å². The quantitative estimate of drug-likeness (QED) is 0.300. The first-order valence-corrected chi connectivity index (χ1v) is 13.7. The summed E-state index contributed by atoms with van der Waals surface area (Å²) >= 11 is 0. The first kappa shape index (κ1) is 26.2. The minimum Gasteiger partial charge on any atom is -0.467 e. The van der Waals surface area contributed by atoms with Crippen molar-refractivity contribution in [3.8, 4) is 16.9 Å². The van der Waals surface area contributed by atoms with Gasteiger partial charge in [0.2, 0.25) is 0 Å². The van der Waals surface area contributed by atoms with Gasteiger partial charge in [-0.3, -0.25) is 0 Å². The van der Waals surface area contributed by atoms with Gasteiger partial charge in [0.05, 0.1) is 42.0 Å². The number of aryl methyl sites for hydroxylation is 2. The van der Waals surface area contributed by atoms with E-state index in [1.807, 2.05) is 41.2 Å². The number of esters is 1. The molecule has 0 unspecified atom stereocenters. The fraction of sp³-hybridized carbons (Fsp3) is 0.400. The highest BCUT2D eigenvalue weighted by Crippen LogP contribution is 2.36. The highest BCUT2D eigenvalue weighted by molar-refractivity contribution is 5.80. The molecule has 1 N–H and O–H groups in total. The summed E-state index contributed by atoms with van der Waals surface area (Å²) in [7, 11) is 1.27. The molecule has 0 radical (unpaired) electrons. The number of allylic oxidation sites excluding steroid dienone is 1. The van der Waals surface area contributed by atoms with Crippen molar-refractivity contribution in [1.29, 1.82) is 0 Å². The smallest absolute Gasteiger partial charge is 0.339 e. The van der Waals surface area contributed by atoms with Crippen molar-refractivity contribution >= 4 is 17.4 Å². The summed E-state index contributed by atoms with van der Waals surface area (Å²) in [6.45, 7) is 5.84. The van der Waals surface area contributed by atoms with E-state index in [1.54, 1.807) is 11.4 Å². The number of ether oxygens (including phenoxy) is 2. The molecule has 0 aliphatic carbocycles. The largest absolute Gasteiger partial charge is 0.467 e. The number of anilines is 1. The molecule has 10 nitrogen and oxygen atoms in total. The number of aromatic nitrogens is 5. The fourth-order valence-electron chi connectivity index (χ4n) is 5.56. The van der Waals surface area contributed by atoms with Gasteiger partial charge in [-0.25, -0.2) is 14.5 Å². The molecule has 3 aliphatic heterocycles. The van der Waals surface area contributed by atoms with Crippen LogP contribution in [0.3, 0.4) is 0 Å². The lowest BCUT2D eigenvalue weighted by molar-refractivity contribution is -0.150. The van der Waals surface area contributed by atoms with Crippen LogP contribution in [0, 0.1) is 6.92 Å². The number of methoxy groups -OCH3 is 1. The Balaban J connectivity index is 1.51. The van der Waals surface area contributed by atoms with Crippen molar-refractivity contribution < 1.29 is 19.4 Å². The van der Waals surface area contributed by atoms with Gasteiger partial charge in [-0.05, 0) is 57.7 Å². The molecular formula is C30H34N6O4. The van der Waals surface area contributed by atoms with E-state index in [2.05, 4.69) is 30.0 Å². The molecule has 0 saturated carbocycles. The number of benzene rings is 1. The van der Waals surface area contributed by atoms with Crippen LogP contribution in [0.4, 0.5) is 5.82 Å². The van der Waals surface area contributed by atoms with Crippen molar-refractivity contribution in [2.75, 3.05) is 31.7 Å². The predicted molar refractivity (Wildman–Crippen MR) is 151 cm³/mol. The SMILES string of the molecule is COC(=O)[C@@H](O)c1c(C)nc2cc3nn2c1N1CCC(C)(CC1)OC/C=C/CCc1ccn(n1)-c1cccc-3c1. The summed E-state index contributed by atoms with van der Waals surface area (Å²) in [6, 6.07) is 12.0. The van der Waals surface area contributed by atoms with Gasteiger partial charge in [-0.2, -0.15) is 14.7 Å². The Morgan fingerprint density at radius 3 is 2.77 bits per heavy atom. The summed E-state index contributed by atoms with van der Waals surface area (Å²) in [5.41, 5.74) is 4.92. The Morgan fingerprint density at radius 1 is 1.15 bits per heavy atom. The van der Waals surface area contributed by atoms with Crippen molar-refractivity contribution in [2.45, 2.75) is 51.2 Å². The number of piperidine rings is 1. The van der Waals surface area contributed by atoms with E-state index in [-0.39, 0.29) is 5.60 Å². The first-order chi connectivity index (χ1) is 19.3. The number of nitrogens with zero attached hydrogens (tertiary/aromatic N) is 6. The van der Waals surface area contributed by atoms with E-state index in [1.165, 1.54) is 7.11 Å². The Labute approximate surface area is 232 Å². The standard InChI is InChI=1S/C30H34N6O4/c1-20-26(27(37)29(38)39-3)28-34-15-12-30(2,13-16-34)40-17-6-4-5-9-22-11-14-35(32-22)23-10-7-8-21(18-23)24-19-25(31-20)36(28)33-24/h4,6-8,10-11,14,18-19,27,37H,5,9,12-13,15-17H2,1-3H3/b6-4+/t27-/m0/s1. The number of rotatable bonds is 2. The predicted octanol–water partition coefficient (Wildman–Crippen LogP) is 3.97. The number of carbonyl (C=O) groups excluding carboxylic acids is 1. The summed E-state index contributed by atoms with van der Waals surface area (Å²) in [5, 5.41) is 20.8. The number of carbonyl (C=O) groups is 1. The molecule has 208 valence electrons. The third-order valence-electron chi connectivity index (χ3n) is 7.94. The zero-order valence-corrected chi connectivity index (χ0v) is 23.1. The molecule has 8 bridgehead atoms. The lowest BCUT2D eigenvalue weighted by atomic mass is 9.92. The van der Waals surface area contributed by atoms with Crippen LogP contribution in [0.2, 0.25) is 0 Å². The number of hydrogen-bond acceptors (Lipinski definition) is 8. The molecule has 40 heavy (non-hydrogen) atoms. The van der Waals surface area contributed by atoms with Crippen LogP contribution in [0.25, 0.3) is 22.6 Å². The van der Waals surface area contributed by atoms with Gasteiger partial charge in [-0.1, -0.05) is 24.3 Å². The van der Waals surface area contributed by atoms with Crippen LogP contribution in [-0.4, -0.2) is 67.9 Å². The number of fused-ring (bicyclic) bond motifs is 6. The minimum atomic E-state index is -1.48.